The Morgan fingerprint density at radius 3 is 2.78 bits per heavy atom. The zero-order valence-electron chi connectivity index (χ0n) is 15.4. The predicted molar refractivity (Wildman–Crippen MR) is 110 cm³/mol. The summed E-state index contributed by atoms with van der Waals surface area (Å²) in [5.41, 5.74) is 12.3. The van der Waals surface area contributed by atoms with Crippen molar-refractivity contribution < 1.29 is 0 Å². The lowest BCUT2D eigenvalue weighted by atomic mass is 9.90. The van der Waals surface area contributed by atoms with Crippen molar-refractivity contribution in [3.8, 4) is 0 Å². The first-order valence-corrected chi connectivity index (χ1v) is 9.51. The lowest BCUT2D eigenvalue weighted by Gasteiger charge is -2.19. The normalized spacial score (nSPS) is 14.0. The average Bonchev–Trinajstić information content (AvgIpc) is 3.15. The van der Waals surface area contributed by atoms with E-state index >= 15 is 0 Å². The second-order valence-corrected chi connectivity index (χ2v) is 7.01. The number of nitrogens with zero attached hydrogens (tertiary/aromatic N) is 3. The van der Waals surface area contributed by atoms with Crippen LogP contribution in [0.5, 0.6) is 0 Å². The van der Waals surface area contributed by atoms with Gasteiger partial charge in [-0.3, -0.25) is 4.68 Å². The Balaban J connectivity index is 1.39. The molecule has 0 aliphatic heterocycles. The molecule has 1 aliphatic carbocycles. The molecule has 4 rings (SSSR count). The van der Waals surface area contributed by atoms with Crippen LogP contribution in [-0.2, 0) is 25.9 Å². The number of anilines is 1. The van der Waals surface area contributed by atoms with Gasteiger partial charge in [0.15, 0.2) is 5.96 Å². The SMILES string of the molecule is NC(=NCc1cnn(Cc2ccccc2)c1)Nc1cccc2c1CCCC2. The maximum atomic E-state index is 6.13. The van der Waals surface area contributed by atoms with E-state index in [0.29, 0.717) is 12.5 Å². The predicted octanol–water partition coefficient (Wildman–Crippen LogP) is 3.74. The van der Waals surface area contributed by atoms with E-state index in [1.807, 2.05) is 35.3 Å². The van der Waals surface area contributed by atoms with Crippen molar-refractivity contribution >= 4 is 11.6 Å². The summed E-state index contributed by atoms with van der Waals surface area (Å²) < 4.78 is 1.93. The van der Waals surface area contributed by atoms with Crippen LogP contribution in [0.3, 0.4) is 0 Å². The molecule has 1 aromatic heterocycles. The van der Waals surface area contributed by atoms with Crippen molar-refractivity contribution in [2.45, 2.75) is 38.8 Å². The second-order valence-electron chi connectivity index (χ2n) is 7.01. The topological polar surface area (TPSA) is 68.2 Å². The number of fused-ring (bicyclic) bond motifs is 1. The van der Waals surface area contributed by atoms with Crippen molar-refractivity contribution in [3.05, 3.63) is 83.2 Å². The summed E-state index contributed by atoms with van der Waals surface area (Å²) in [6.07, 6.45) is 8.65. The van der Waals surface area contributed by atoms with Gasteiger partial charge in [-0.05, 0) is 48.4 Å². The number of hydrogen-bond acceptors (Lipinski definition) is 2. The van der Waals surface area contributed by atoms with Crippen LogP contribution in [0, 0.1) is 0 Å². The fourth-order valence-electron chi connectivity index (χ4n) is 3.60. The molecular weight excluding hydrogens is 334 g/mol. The van der Waals surface area contributed by atoms with Crippen molar-refractivity contribution in [2.75, 3.05) is 5.32 Å². The highest BCUT2D eigenvalue weighted by Gasteiger charge is 2.13. The molecule has 0 fully saturated rings. The number of benzene rings is 2. The molecular formula is C22H25N5. The van der Waals surface area contributed by atoms with E-state index in [0.717, 1.165) is 30.6 Å². The first-order chi connectivity index (χ1) is 13.3. The number of hydrogen-bond donors (Lipinski definition) is 2. The molecule has 0 spiro atoms. The zero-order valence-corrected chi connectivity index (χ0v) is 15.4. The minimum Gasteiger partial charge on any atom is -0.370 e. The lowest BCUT2D eigenvalue weighted by molar-refractivity contribution is 0.686. The molecule has 2 aromatic carbocycles. The summed E-state index contributed by atoms with van der Waals surface area (Å²) in [4.78, 5) is 4.49. The first-order valence-electron chi connectivity index (χ1n) is 9.51. The van der Waals surface area contributed by atoms with Gasteiger partial charge in [-0.1, -0.05) is 42.5 Å². The molecule has 0 radical (unpaired) electrons. The smallest absolute Gasteiger partial charge is 0.193 e. The van der Waals surface area contributed by atoms with Gasteiger partial charge in [0.1, 0.15) is 0 Å². The molecule has 3 N–H and O–H groups in total. The molecule has 1 aliphatic rings. The number of aliphatic imine (C=N–C) groups is 1. The molecule has 0 unspecified atom stereocenters. The number of guanidine groups is 1. The Kier molecular flexibility index (Phi) is 5.19. The number of aromatic nitrogens is 2. The van der Waals surface area contributed by atoms with Crippen molar-refractivity contribution in [2.24, 2.45) is 10.7 Å². The Bertz CT molecular complexity index is 927. The van der Waals surface area contributed by atoms with E-state index in [1.54, 1.807) is 0 Å². The highest BCUT2D eigenvalue weighted by molar-refractivity contribution is 5.93. The van der Waals surface area contributed by atoms with Gasteiger partial charge in [0.05, 0.1) is 19.3 Å². The maximum Gasteiger partial charge on any atom is 0.193 e. The van der Waals surface area contributed by atoms with Gasteiger partial charge < -0.3 is 11.1 Å². The third-order valence-electron chi connectivity index (χ3n) is 4.96. The number of rotatable bonds is 5. The van der Waals surface area contributed by atoms with Gasteiger partial charge in [-0.25, -0.2) is 4.99 Å². The van der Waals surface area contributed by atoms with E-state index in [1.165, 1.54) is 29.5 Å². The number of nitrogens with one attached hydrogen (secondary N) is 1. The summed E-state index contributed by atoms with van der Waals surface area (Å²) in [5, 5.41) is 7.70. The number of aryl methyl sites for hydroxylation is 1. The molecule has 0 saturated carbocycles. The molecule has 0 amide bonds. The van der Waals surface area contributed by atoms with E-state index in [-0.39, 0.29) is 0 Å². The van der Waals surface area contributed by atoms with Crippen molar-refractivity contribution in [1.82, 2.24) is 9.78 Å². The first kappa shape index (κ1) is 17.3. The van der Waals surface area contributed by atoms with Crippen LogP contribution in [-0.4, -0.2) is 15.7 Å². The van der Waals surface area contributed by atoms with Crippen LogP contribution in [0.15, 0.2) is 65.9 Å². The van der Waals surface area contributed by atoms with Gasteiger partial charge in [0.2, 0.25) is 0 Å². The third kappa shape index (κ3) is 4.37. The molecule has 0 atom stereocenters. The Morgan fingerprint density at radius 1 is 1.04 bits per heavy atom. The van der Waals surface area contributed by atoms with Crippen LogP contribution in [0.1, 0.15) is 35.1 Å². The Hall–Kier alpha value is -3.08. The summed E-state index contributed by atoms with van der Waals surface area (Å²) in [5.74, 6) is 0.449. The molecule has 0 bridgehead atoms. The van der Waals surface area contributed by atoms with Crippen LogP contribution >= 0.6 is 0 Å². The molecule has 5 nitrogen and oxygen atoms in total. The van der Waals surface area contributed by atoms with E-state index in [9.17, 15) is 0 Å². The maximum absolute atomic E-state index is 6.13. The van der Waals surface area contributed by atoms with Crippen LogP contribution < -0.4 is 11.1 Å². The molecule has 0 saturated heterocycles. The third-order valence-corrected chi connectivity index (χ3v) is 4.96. The summed E-state index contributed by atoms with van der Waals surface area (Å²) in [6, 6.07) is 16.7. The molecule has 3 aromatic rings. The van der Waals surface area contributed by atoms with Crippen LogP contribution in [0.2, 0.25) is 0 Å². The number of nitrogens with two attached hydrogens (primary N) is 1. The molecule has 138 valence electrons. The summed E-state index contributed by atoms with van der Waals surface area (Å²) in [6.45, 7) is 1.27. The molecule has 1 heterocycles. The van der Waals surface area contributed by atoms with Crippen LogP contribution in [0.25, 0.3) is 0 Å². The average molecular weight is 359 g/mol. The zero-order chi connectivity index (χ0) is 18.5. The van der Waals surface area contributed by atoms with Gasteiger partial charge >= 0.3 is 0 Å². The Labute approximate surface area is 159 Å². The monoisotopic (exact) mass is 359 g/mol. The van der Waals surface area contributed by atoms with E-state index in [4.69, 9.17) is 5.73 Å². The standard InChI is InChI=1S/C22H25N5/c23-22(26-21-12-6-10-19-9-4-5-11-20(19)21)24-13-18-14-25-27(16-18)15-17-7-2-1-3-8-17/h1-3,6-8,10,12,14,16H,4-5,9,11,13,15H2,(H3,23,24,26). The Morgan fingerprint density at radius 2 is 1.89 bits per heavy atom. The quantitative estimate of drug-likeness (QED) is 0.539. The van der Waals surface area contributed by atoms with Crippen molar-refractivity contribution in [3.63, 3.8) is 0 Å². The highest BCUT2D eigenvalue weighted by atomic mass is 15.3. The molecule has 5 heteroatoms. The fraction of sp³-hybridized carbons (Fsp3) is 0.273. The van der Waals surface area contributed by atoms with E-state index in [2.05, 4.69) is 45.7 Å². The van der Waals surface area contributed by atoms with Gasteiger partial charge in [0.25, 0.3) is 0 Å². The van der Waals surface area contributed by atoms with Gasteiger partial charge in [-0.15, -0.1) is 0 Å². The van der Waals surface area contributed by atoms with E-state index < -0.39 is 0 Å². The summed E-state index contributed by atoms with van der Waals surface area (Å²) >= 11 is 0. The summed E-state index contributed by atoms with van der Waals surface area (Å²) in [7, 11) is 0. The molecule has 27 heavy (non-hydrogen) atoms. The van der Waals surface area contributed by atoms with Gasteiger partial charge in [0, 0.05) is 17.4 Å². The minimum absolute atomic E-state index is 0.449. The van der Waals surface area contributed by atoms with Crippen molar-refractivity contribution in [1.29, 1.82) is 0 Å². The fourth-order valence-corrected chi connectivity index (χ4v) is 3.60. The lowest BCUT2D eigenvalue weighted by Crippen LogP contribution is -2.24. The van der Waals surface area contributed by atoms with Gasteiger partial charge in [-0.2, -0.15) is 5.10 Å². The minimum atomic E-state index is 0.449. The second kappa shape index (κ2) is 8.08. The highest BCUT2D eigenvalue weighted by Crippen LogP contribution is 2.27. The van der Waals surface area contributed by atoms with Crippen LogP contribution in [0.4, 0.5) is 5.69 Å². The largest absolute Gasteiger partial charge is 0.370 e.